The smallest absolute Gasteiger partial charge is 0.326 e. The zero-order chi connectivity index (χ0) is 15.0. The summed E-state index contributed by atoms with van der Waals surface area (Å²) in [6.45, 7) is 6.57. The summed E-state index contributed by atoms with van der Waals surface area (Å²) in [4.78, 5) is 23.2. The fraction of sp³-hybridized carbons (Fsp3) is 0.714. The number of hydrogen-bond acceptors (Lipinski definition) is 4. The van der Waals surface area contributed by atoms with Crippen molar-refractivity contribution in [3.05, 3.63) is 12.7 Å². The minimum absolute atomic E-state index is 0.189. The predicted molar refractivity (Wildman–Crippen MR) is 73.3 cm³/mol. The molecule has 114 valence electrons. The lowest BCUT2D eigenvalue weighted by Crippen LogP contribution is -2.51. The Bertz CT molecular complexity index is 338. The molecule has 1 aliphatic rings. The molecule has 6 nitrogen and oxygen atoms in total. The minimum Gasteiger partial charge on any atom is -0.480 e. The Hall–Kier alpha value is -1.40. The van der Waals surface area contributed by atoms with Gasteiger partial charge in [-0.25, -0.2) is 4.79 Å². The van der Waals surface area contributed by atoms with Crippen molar-refractivity contribution in [3.8, 4) is 0 Å². The molecule has 1 amide bonds. The third kappa shape index (κ3) is 5.30. The van der Waals surface area contributed by atoms with Gasteiger partial charge < -0.3 is 19.9 Å². The van der Waals surface area contributed by atoms with E-state index in [1.807, 2.05) is 0 Å². The van der Waals surface area contributed by atoms with Gasteiger partial charge in [-0.15, -0.1) is 6.58 Å². The maximum atomic E-state index is 11.9. The van der Waals surface area contributed by atoms with Gasteiger partial charge in [0.25, 0.3) is 0 Å². The molecule has 6 heteroatoms. The third-order valence-corrected chi connectivity index (χ3v) is 3.29. The first-order chi connectivity index (χ1) is 9.56. The molecule has 0 aromatic rings. The molecular formula is C14H23NO5. The SMILES string of the molecule is C=CCCOC(C)C(=O)NC(C(=O)O)C1CCCOC1. The summed E-state index contributed by atoms with van der Waals surface area (Å²) in [6, 6.07) is -0.923. The van der Waals surface area contributed by atoms with Crippen LogP contribution in [0.1, 0.15) is 26.2 Å². The topological polar surface area (TPSA) is 84.9 Å². The highest BCUT2D eigenvalue weighted by Crippen LogP contribution is 2.18. The van der Waals surface area contributed by atoms with Crippen LogP contribution in [0.4, 0.5) is 0 Å². The van der Waals surface area contributed by atoms with Crippen LogP contribution in [0.5, 0.6) is 0 Å². The van der Waals surface area contributed by atoms with Crippen molar-refractivity contribution < 1.29 is 24.2 Å². The summed E-state index contributed by atoms with van der Waals surface area (Å²) in [5.74, 6) is -1.63. The number of carboxylic acid groups (broad SMARTS) is 1. The first-order valence-corrected chi connectivity index (χ1v) is 6.89. The average Bonchev–Trinajstić information content (AvgIpc) is 2.45. The second-order valence-corrected chi connectivity index (χ2v) is 4.89. The van der Waals surface area contributed by atoms with E-state index in [0.29, 0.717) is 26.2 Å². The predicted octanol–water partition coefficient (Wildman–Crippen LogP) is 0.964. The van der Waals surface area contributed by atoms with Crippen LogP contribution in [0.2, 0.25) is 0 Å². The lowest BCUT2D eigenvalue weighted by molar-refractivity contribution is -0.147. The van der Waals surface area contributed by atoms with Crippen molar-refractivity contribution >= 4 is 11.9 Å². The number of carbonyl (C=O) groups excluding carboxylic acids is 1. The molecule has 3 unspecified atom stereocenters. The fourth-order valence-corrected chi connectivity index (χ4v) is 2.08. The van der Waals surface area contributed by atoms with Crippen molar-refractivity contribution in [2.45, 2.75) is 38.3 Å². The Kier molecular flexibility index (Phi) is 7.25. The molecule has 1 saturated heterocycles. The number of ether oxygens (including phenoxy) is 2. The minimum atomic E-state index is -1.04. The van der Waals surface area contributed by atoms with Crippen molar-refractivity contribution in [2.24, 2.45) is 5.92 Å². The van der Waals surface area contributed by atoms with Gasteiger partial charge in [0.15, 0.2) is 0 Å². The van der Waals surface area contributed by atoms with Crippen molar-refractivity contribution in [2.75, 3.05) is 19.8 Å². The Morgan fingerprint density at radius 1 is 1.60 bits per heavy atom. The highest BCUT2D eigenvalue weighted by atomic mass is 16.5. The molecule has 1 rings (SSSR count). The molecule has 0 spiro atoms. The Labute approximate surface area is 119 Å². The number of nitrogens with one attached hydrogen (secondary N) is 1. The van der Waals surface area contributed by atoms with E-state index < -0.39 is 24.0 Å². The second-order valence-electron chi connectivity index (χ2n) is 4.89. The Balaban J connectivity index is 2.49. The number of carbonyl (C=O) groups is 2. The summed E-state index contributed by atoms with van der Waals surface area (Å²) < 4.78 is 10.6. The number of hydrogen-bond donors (Lipinski definition) is 2. The van der Waals surface area contributed by atoms with Crippen LogP contribution >= 0.6 is 0 Å². The summed E-state index contributed by atoms with van der Waals surface area (Å²) >= 11 is 0. The quantitative estimate of drug-likeness (QED) is 0.512. The van der Waals surface area contributed by atoms with Gasteiger partial charge in [-0.1, -0.05) is 6.08 Å². The van der Waals surface area contributed by atoms with Gasteiger partial charge in [0.2, 0.25) is 5.91 Å². The van der Waals surface area contributed by atoms with Gasteiger partial charge in [-0.05, 0) is 26.2 Å². The zero-order valence-corrected chi connectivity index (χ0v) is 11.8. The van der Waals surface area contributed by atoms with Gasteiger partial charge >= 0.3 is 5.97 Å². The molecule has 20 heavy (non-hydrogen) atoms. The molecule has 1 aliphatic heterocycles. The Morgan fingerprint density at radius 2 is 2.35 bits per heavy atom. The van der Waals surface area contributed by atoms with Gasteiger partial charge in [-0.3, -0.25) is 4.79 Å². The summed E-state index contributed by atoms with van der Waals surface area (Å²) in [5, 5.41) is 11.8. The summed E-state index contributed by atoms with van der Waals surface area (Å²) in [6.07, 6.45) is 3.22. The Morgan fingerprint density at radius 3 is 2.90 bits per heavy atom. The van der Waals surface area contributed by atoms with E-state index in [0.717, 1.165) is 12.8 Å². The van der Waals surface area contributed by atoms with E-state index in [2.05, 4.69) is 11.9 Å². The highest BCUT2D eigenvalue weighted by molar-refractivity contribution is 5.86. The molecule has 2 N–H and O–H groups in total. The van der Waals surface area contributed by atoms with Crippen LogP contribution in [-0.4, -0.2) is 48.9 Å². The molecule has 0 aromatic carbocycles. The monoisotopic (exact) mass is 285 g/mol. The zero-order valence-electron chi connectivity index (χ0n) is 11.8. The maximum absolute atomic E-state index is 11.9. The molecule has 3 atom stereocenters. The largest absolute Gasteiger partial charge is 0.480 e. The molecule has 0 aromatic heterocycles. The van der Waals surface area contributed by atoms with E-state index in [-0.39, 0.29) is 5.92 Å². The molecular weight excluding hydrogens is 262 g/mol. The van der Waals surface area contributed by atoms with Gasteiger partial charge in [0.05, 0.1) is 13.2 Å². The molecule has 0 aliphatic carbocycles. The van der Waals surface area contributed by atoms with Crippen LogP contribution in [0.25, 0.3) is 0 Å². The van der Waals surface area contributed by atoms with Crippen LogP contribution in [0.15, 0.2) is 12.7 Å². The first-order valence-electron chi connectivity index (χ1n) is 6.89. The van der Waals surface area contributed by atoms with Crippen molar-refractivity contribution in [3.63, 3.8) is 0 Å². The van der Waals surface area contributed by atoms with Crippen LogP contribution in [0.3, 0.4) is 0 Å². The highest BCUT2D eigenvalue weighted by Gasteiger charge is 2.32. The van der Waals surface area contributed by atoms with E-state index in [1.165, 1.54) is 0 Å². The number of aliphatic carboxylic acids is 1. The number of carboxylic acids is 1. The van der Waals surface area contributed by atoms with Crippen molar-refractivity contribution in [1.29, 1.82) is 0 Å². The molecule has 1 heterocycles. The standard InChI is InChI=1S/C14H23NO5/c1-3-4-8-20-10(2)13(16)15-12(14(17)18)11-6-5-7-19-9-11/h3,10-12H,1,4-9H2,2H3,(H,15,16)(H,17,18). The van der Waals surface area contributed by atoms with Gasteiger partial charge in [0, 0.05) is 12.5 Å². The lowest BCUT2D eigenvalue weighted by atomic mass is 9.93. The average molecular weight is 285 g/mol. The molecule has 0 saturated carbocycles. The van der Waals surface area contributed by atoms with Crippen LogP contribution in [-0.2, 0) is 19.1 Å². The van der Waals surface area contributed by atoms with E-state index in [1.54, 1.807) is 13.0 Å². The first kappa shape index (κ1) is 16.7. The third-order valence-electron chi connectivity index (χ3n) is 3.29. The molecule has 0 bridgehead atoms. The van der Waals surface area contributed by atoms with Gasteiger partial charge in [0.1, 0.15) is 12.1 Å². The lowest BCUT2D eigenvalue weighted by Gasteiger charge is -2.28. The maximum Gasteiger partial charge on any atom is 0.326 e. The van der Waals surface area contributed by atoms with Crippen LogP contribution in [0, 0.1) is 5.92 Å². The molecule has 0 radical (unpaired) electrons. The summed E-state index contributed by atoms with van der Waals surface area (Å²) in [5.41, 5.74) is 0. The fourth-order valence-electron chi connectivity index (χ4n) is 2.08. The van der Waals surface area contributed by atoms with Gasteiger partial charge in [-0.2, -0.15) is 0 Å². The van der Waals surface area contributed by atoms with E-state index in [4.69, 9.17) is 9.47 Å². The molecule has 1 fully saturated rings. The van der Waals surface area contributed by atoms with Crippen LogP contribution < -0.4 is 5.32 Å². The normalized spacial score (nSPS) is 21.8. The summed E-state index contributed by atoms with van der Waals surface area (Å²) in [7, 11) is 0. The number of amides is 1. The van der Waals surface area contributed by atoms with E-state index in [9.17, 15) is 14.7 Å². The van der Waals surface area contributed by atoms with Crippen molar-refractivity contribution in [1.82, 2.24) is 5.32 Å². The second kappa shape index (κ2) is 8.71. The number of rotatable bonds is 8. The van der Waals surface area contributed by atoms with E-state index >= 15 is 0 Å².